The van der Waals surface area contributed by atoms with Crippen molar-refractivity contribution in [3.8, 4) is 22.9 Å². The number of amides is 1. The van der Waals surface area contributed by atoms with Crippen molar-refractivity contribution in [2.24, 2.45) is 0 Å². The molecule has 2 heterocycles. The number of carbonyl (C=O) groups is 1. The van der Waals surface area contributed by atoms with Gasteiger partial charge in [0.1, 0.15) is 11.5 Å². The maximum atomic E-state index is 13.7. The number of ether oxygens (including phenoxy) is 3. The summed E-state index contributed by atoms with van der Waals surface area (Å²) in [5.74, 6) is 1.28. The third-order valence-electron chi connectivity index (χ3n) is 5.96. The molecule has 1 aromatic heterocycles. The summed E-state index contributed by atoms with van der Waals surface area (Å²) in [7, 11) is 1.58. The molecule has 0 saturated carbocycles. The first-order valence-corrected chi connectivity index (χ1v) is 12.3. The molecule has 1 N–H and O–H groups in total. The first-order valence-electron chi connectivity index (χ1n) is 12.0. The normalized spacial score (nSPS) is 13.2. The average Bonchev–Trinajstić information content (AvgIpc) is 2.95. The minimum Gasteiger partial charge on any atom is -0.497 e. The molecule has 1 saturated heterocycles. The van der Waals surface area contributed by atoms with Crippen LogP contribution in [0.15, 0.2) is 83.8 Å². The van der Waals surface area contributed by atoms with Crippen LogP contribution >= 0.6 is 11.6 Å². The van der Waals surface area contributed by atoms with Crippen LogP contribution < -0.4 is 20.3 Å². The summed E-state index contributed by atoms with van der Waals surface area (Å²) in [6, 6.07) is 20.8. The van der Waals surface area contributed by atoms with Gasteiger partial charge in [-0.1, -0.05) is 23.7 Å². The highest BCUT2D eigenvalue weighted by atomic mass is 35.5. The van der Waals surface area contributed by atoms with E-state index >= 15 is 0 Å². The Morgan fingerprint density at radius 3 is 2.47 bits per heavy atom. The van der Waals surface area contributed by atoms with Gasteiger partial charge < -0.3 is 24.4 Å². The number of halogens is 1. The van der Waals surface area contributed by atoms with Crippen LogP contribution in [0, 0.1) is 0 Å². The number of nitrogens with one attached hydrogen (secondary N) is 1. The maximum absolute atomic E-state index is 13.7. The van der Waals surface area contributed by atoms with Crippen molar-refractivity contribution in [3.05, 3.63) is 99.9 Å². The van der Waals surface area contributed by atoms with E-state index in [-0.39, 0.29) is 17.3 Å². The predicted octanol–water partition coefficient (Wildman–Crippen LogP) is 4.90. The lowest BCUT2D eigenvalue weighted by atomic mass is 10.1. The van der Waals surface area contributed by atoms with Gasteiger partial charge in [0.15, 0.2) is 11.4 Å². The lowest BCUT2D eigenvalue weighted by Crippen LogP contribution is -2.40. The van der Waals surface area contributed by atoms with Crippen LogP contribution in [0.25, 0.3) is 5.69 Å². The summed E-state index contributed by atoms with van der Waals surface area (Å²) in [5, 5.41) is 7.94. The molecule has 0 bridgehead atoms. The Bertz CT molecular complexity index is 1500. The van der Waals surface area contributed by atoms with Crippen molar-refractivity contribution in [1.29, 1.82) is 0 Å². The monoisotopic (exact) mass is 532 g/mol. The Balaban J connectivity index is 1.51. The van der Waals surface area contributed by atoms with Crippen molar-refractivity contribution < 1.29 is 19.0 Å². The summed E-state index contributed by atoms with van der Waals surface area (Å²) in [6.45, 7) is 2.08. The number of morpholine rings is 1. The number of benzene rings is 3. The van der Waals surface area contributed by atoms with Crippen LogP contribution in [-0.2, 0) is 4.74 Å². The van der Waals surface area contributed by atoms with Gasteiger partial charge in [-0.3, -0.25) is 9.59 Å². The van der Waals surface area contributed by atoms with Gasteiger partial charge in [-0.2, -0.15) is 9.78 Å². The van der Waals surface area contributed by atoms with E-state index in [0.29, 0.717) is 59.8 Å². The summed E-state index contributed by atoms with van der Waals surface area (Å²) in [6.07, 6.45) is 1.46. The summed E-state index contributed by atoms with van der Waals surface area (Å²) < 4.78 is 17.8. The number of methoxy groups -OCH3 is 1. The second-order valence-electron chi connectivity index (χ2n) is 8.47. The lowest BCUT2D eigenvalue weighted by Gasteiger charge is -2.27. The third-order valence-corrected chi connectivity index (χ3v) is 6.20. The van der Waals surface area contributed by atoms with E-state index in [9.17, 15) is 9.59 Å². The number of rotatable bonds is 7. The fraction of sp³-hybridized carbons (Fsp3) is 0.179. The number of hydrogen-bond acceptors (Lipinski definition) is 7. The van der Waals surface area contributed by atoms with E-state index < -0.39 is 5.56 Å². The molecule has 1 aliphatic heterocycles. The van der Waals surface area contributed by atoms with Crippen molar-refractivity contribution >= 4 is 28.9 Å². The van der Waals surface area contributed by atoms with Gasteiger partial charge in [-0.25, -0.2) is 0 Å². The average molecular weight is 533 g/mol. The number of aromatic nitrogens is 2. The van der Waals surface area contributed by atoms with E-state index in [1.807, 2.05) is 0 Å². The number of hydrogen-bond donors (Lipinski definition) is 1. The SMILES string of the molecule is COc1ccc(Oc2cnn(-c3cccc(Cl)c3)c(=O)c2Nc2cccc(C(=O)N3CCOCC3)c2)cc1. The second-order valence-corrected chi connectivity index (χ2v) is 8.91. The first kappa shape index (κ1) is 25.3. The number of anilines is 2. The second kappa shape index (κ2) is 11.4. The first-order chi connectivity index (χ1) is 18.5. The number of nitrogens with zero attached hydrogens (tertiary/aromatic N) is 3. The molecule has 9 nitrogen and oxygen atoms in total. The van der Waals surface area contributed by atoms with Gasteiger partial charge in [0.2, 0.25) is 0 Å². The molecule has 1 amide bonds. The molecule has 0 unspecified atom stereocenters. The molecule has 5 rings (SSSR count). The van der Waals surface area contributed by atoms with Gasteiger partial charge in [0.05, 0.1) is 32.2 Å². The van der Waals surface area contributed by atoms with Crippen LogP contribution in [-0.4, -0.2) is 54.0 Å². The molecule has 38 heavy (non-hydrogen) atoms. The van der Waals surface area contributed by atoms with Crippen molar-refractivity contribution in [2.75, 3.05) is 38.7 Å². The van der Waals surface area contributed by atoms with Gasteiger partial charge in [-0.05, 0) is 60.7 Å². The zero-order valence-corrected chi connectivity index (χ0v) is 21.4. The highest BCUT2D eigenvalue weighted by Gasteiger charge is 2.20. The molecule has 0 atom stereocenters. The smallest absolute Gasteiger partial charge is 0.299 e. The van der Waals surface area contributed by atoms with Crippen LogP contribution in [0.4, 0.5) is 11.4 Å². The Labute approximate surface area is 224 Å². The molecular weight excluding hydrogens is 508 g/mol. The van der Waals surface area contributed by atoms with Crippen LogP contribution in [0.2, 0.25) is 5.02 Å². The van der Waals surface area contributed by atoms with Gasteiger partial charge in [-0.15, -0.1) is 0 Å². The van der Waals surface area contributed by atoms with E-state index in [1.165, 1.54) is 10.9 Å². The van der Waals surface area contributed by atoms with Crippen molar-refractivity contribution in [1.82, 2.24) is 14.7 Å². The predicted molar refractivity (Wildman–Crippen MR) is 144 cm³/mol. The summed E-state index contributed by atoms with van der Waals surface area (Å²) >= 11 is 6.15. The zero-order valence-electron chi connectivity index (χ0n) is 20.6. The molecule has 0 spiro atoms. The fourth-order valence-electron chi connectivity index (χ4n) is 4.02. The van der Waals surface area contributed by atoms with E-state index in [1.54, 1.807) is 84.8 Å². The molecule has 0 radical (unpaired) electrons. The molecule has 10 heteroatoms. The van der Waals surface area contributed by atoms with Crippen LogP contribution in [0.3, 0.4) is 0 Å². The molecular formula is C28H25ClN4O5. The largest absolute Gasteiger partial charge is 0.497 e. The van der Waals surface area contributed by atoms with Gasteiger partial charge >= 0.3 is 0 Å². The lowest BCUT2D eigenvalue weighted by molar-refractivity contribution is 0.0303. The molecule has 1 aliphatic rings. The number of carbonyl (C=O) groups excluding carboxylic acids is 1. The highest BCUT2D eigenvalue weighted by Crippen LogP contribution is 2.30. The van der Waals surface area contributed by atoms with Gasteiger partial charge in [0.25, 0.3) is 11.5 Å². The Morgan fingerprint density at radius 2 is 1.74 bits per heavy atom. The summed E-state index contributed by atoms with van der Waals surface area (Å²) in [4.78, 5) is 28.4. The van der Waals surface area contributed by atoms with Crippen LogP contribution in [0.1, 0.15) is 10.4 Å². The Kier molecular flexibility index (Phi) is 7.57. The fourth-order valence-corrected chi connectivity index (χ4v) is 4.20. The maximum Gasteiger partial charge on any atom is 0.299 e. The quantitative estimate of drug-likeness (QED) is 0.361. The Hall–Kier alpha value is -4.34. The molecule has 194 valence electrons. The molecule has 0 aliphatic carbocycles. The third kappa shape index (κ3) is 5.64. The van der Waals surface area contributed by atoms with E-state index in [4.69, 9.17) is 25.8 Å². The van der Waals surface area contributed by atoms with Crippen molar-refractivity contribution in [3.63, 3.8) is 0 Å². The van der Waals surface area contributed by atoms with Gasteiger partial charge in [0, 0.05) is 29.4 Å². The standard InChI is InChI=1S/C28H25ClN4O5/c1-36-23-8-10-24(11-9-23)38-25-18-30-33(22-7-3-5-20(29)17-22)28(35)26(25)31-21-6-2-4-19(16-21)27(34)32-12-14-37-15-13-32/h2-11,16-18,31H,12-15H2,1H3. The minimum absolute atomic E-state index is 0.0993. The van der Waals surface area contributed by atoms with E-state index in [0.717, 1.165) is 0 Å². The molecule has 4 aromatic rings. The van der Waals surface area contributed by atoms with E-state index in [2.05, 4.69) is 10.4 Å². The minimum atomic E-state index is -0.455. The van der Waals surface area contributed by atoms with Crippen LogP contribution in [0.5, 0.6) is 17.2 Å². The highest BCUT2D eigenvalue weighted by molar-refractivity contribution is 6.30. The zero-order chi connectivity index (χ0) is 26.5. The molecule has 1 fully saturated rings. The summed E-state index contributed by atoms with van der Waals surface area (Å²) in [5.41, 5.74) is 1.23. The topological polar surface area (TPSA) is 94.9 Å². The molecule has 3 aromatic carbocycles. The van der Waals surface area contributed by atoms with Crippen molar-refractivity contribution in [2.45, 2.75) is 0 Å². The Morgan fingerprint density at radius 1 is 1.00 bits per heavy atom.